The Morgan fingerprint density at radius 1 is 0.947 bits per heavy atom. The molecule has 0 bridgehead atoms. The molecule has 0 unspecified atom stereocenters. The van der Waals surface area contributed by atoms with E-state index in [1.165, 1.54) is 5.56 Å². The number of benzene rings is 3. The molecule has 4 rings (SSSR count). The van der Waals surface area contributed by atoms with Crippen molar-refractivity contribution in [2.45, 2.75) is 46.6 Å². The minimum absolute atomic E-state index is 0.0648. The van der Waals surface area contributed by atoms with Crippen LogP contribution in [-0.2, 0) is 19.4 Å². The molecule has 0 aliphatic carbocycles. The second-order valence-corrected chi connectivity index (χ2v) is 10.0. The minimum atomic E-state index is 0.0648. The second-order valence-electron chi connectivity index (χ2n) is 9.46. The van der Waals surface area contributed by atoms with E-state index in [0.29, 0.717) is 18.6 Å². The second kappa shape index (κ2) is 13.4. The smallest absolute Gasteiger partial charge is 0.167 e. The van der Waals surface area contributed by atoms with Gasteiger partial charge >= 0.3 is 0 Å². The SMILES string of the molecule is CCOc1ccc(Cc2nc3cc(CC(=S)CC(=O)c4ccccc4)ccc3n2CCN(CC)CC)cc1. The highest BCUT2D eigenvalue weighted by molar-refractivity contribution is 7.80. The van der Waals surface area contributed by atoms with Gasteiger partial charge in [-0.25, -0.2) is 4.98 Å². The number of carbonyl (C=O) groups excluding carboxylic acids is 1. The van der Waals surface area contributed by atoms with Crippen LogP contribution in [0.15, 0.2) is 72.8 Å². The van der Waals surface area contributed by atoms with Crippen LogP contribution < -0.4 is 4.74 Å². The van der Waals surface area contributed by atoms with E-state index in [1.807, 2.05) is 49.4 Å². The predicted octanol–water partition coefficient (Wildman–Crippen LogP) is 6.55. The van der Waals surface area contributed by atoms with Gasteiger partial charge in [0, 0.05) is 42.8 Å². The highest BCUT2D eigenvalue weighted by atomic mass is 32.1. The summed E-state index contributed by atoms with van der Waals surface area (Å²) in [4.78, 5) is 20.9. The number of likely N-dealkylation sites (N-methyl/N-ethyl adjacent to an activating group) is 1. The number of fused-ring (bicyclic) bond motifs is 1. The third kappa shape index (κ3) is 7.15. The molecule has 6 heteroatoms. The molecule has 0 radical (unpaired) electrons. The van der Waals surface area contributed by atoms with Crippen molar-refractivity contribution in [2.24, 2.45) is 0 Å². The first kappa shape index (κ1) is 27.7. The van der Waals surface area contributed by atoms with E-state index in [-0.39, 0.29) is 12.2 Å². The summed E-state index contributed by atoms with van der Waals surface area (Å²) in [6.07, 6.45) is 1.61. The molecule has 0 aliphatic heterocycles. The zero-order chi connectivity index (χ0) is 26.9. The summed E-state index contributed by atoms with van der Waals surface area (Å²) in [5.74, 6) is 2.00. The molecule has 3 aromatic carbocycles. The van der Waals surface area contributed by atoms with Crippen LogP contribution >= 0.6 is 12.2 Å². The first-order valence-electron chi connectivity index (χ1n) is 13.5. The Hall–Kier alpha value is -3.35. The normalized spacial score (nSPS) is 11.3. The molecule has 0 fully saturated rings. The van der Waals surface area contributed by atoms with Gasteiger partial charge in [0.05, 0.1) is 17.6 Å². The van der Waals surface area contributed by atoms with Gasteiger partial charge in [0.1, 0.15) is 11.6 Å². The van der Waals surface area contributed by atoms with Crippen molar-refractivity contribution in [1.82, 2.24) is 14.5 Å². The molecule has 1 heterocycles. The van der Waals surface area contributed by atoms with Crippen LogP contribution in [0.3, 0.4) is 0 Å². The lowest BCUT2D eigenvalue weighted by molar-refractivity contribution is 0.100. The van der Waals surface area contributed by atoms with Crippen LogP contribution in [-0.4, -0.2) is 51.3 Å². The van der Waals surface area contributed by atoms with Gasteiger partial charge < -0.3 is 14.2 Å². The maximum absolute atomic E-state index is 12.6. The summed E-state index contributed by atoms with van der Waals surface area (Å²) >= 11 is 5.62. The van der Waals surface area contributed by atoms with Crippen molar-refractivity contribution in [3.05, 3.63) is 95.3 Å². The number of hydrogen-bond acceptors (Lipinski definition) is 5. The number of imidazole rings is 1. The van der Waals surface area contributed by atoms with Crippen molar-refractivity contribution in [2.75, 3.05) is 26.2 Å². The Balaban J connectivity index is 1.55. The lowest BCUT2D eigenvalue weighted by Crippen LogP contribution is -2.27. The van der Waals surface area contributed by atoms with E-state index in [4.69, 9.17) is 21.9 Å². The number of ketones is 1. The molecule has 198 valence electrons. The van der Waals surface area contributed by atoms with Crippen LogP contribution in [0, 0.1) is 0 Å². The van der Waals surface area contributed by atoms with Crippen LogP contribution in [0.4, 0.5) is 0 Å². The number of carbonyl (C=O) groups is 1. The van der Waals surface area contributed by atoms with E-state index in [9.17, 15) is 4.79 Å². The number of ether oxygens (including phenoxy) is 1. The third-order valence-corrected chi connectivity index (χ3v) is 7.17. The van der Waals surface area contributed by atoms with Crippen molar-refractivity contribution in [3.8, 4) is 5.75 Å². The largest absolute Gasteiger partial charge is 0.494 e. The number of rotatable bonds is 14. The van der Waals surface area contributed by atoms with E-state index >= 15 is 0 Å². The van der Waals surface area contributed by atoms with Crippen LogP contribution in [0.2, 0.25) is 0 Å². The first-order valence-corrected chi connectivity index (χ1v) is 13.9. The standard InChI is InChI=1S/C32H37N3O2S/c1-4-34(5-2)18-19-35-30-17-14-25(20-28(38)23-31(36)26-10-8-7-9-11-26)21-29(30)33-32(35)22-24-12-15-27(16-13-24)37-6-3/h7-17,21H,4-6,18-20,22-23H2,1-3H3. The molecule has 0 saturated carbocycles. The Morgan fingerprint density at radius 2 is 1.66 bits per heavy atom. The van der Waals surface area contributed by atoms with Crippen LogP contribution in [0.1, 0.15) is 54.5 Å². The molecule has 4 aromatic rings. The fraction of sp³-hybridized carbons (Fsp3) is 0.344. The summed E-state index contributed by atoms with van der Waals surface area (Å²) in [5.41, 5.74) is 5.10. The number of thiocarbonyl (C=S) groups is 1. The lowest BCUT2D eigenvalue weighted by atomic mass is 10.0. The molecule has 38 heavy (non-hydrogen) atoms. The van der Waals surface area contributed by atoms with Gasteiger partial charge in [-0.15, -0.1) is 0 Å². The fourth-order valence-electron chi connectivity index (χ4n) is 4.75. The predicted molar refractivity (Wildman–Crippen MR) is 160 cm³/mol. The molecular weight excluding hydrogens is 490 g/mol. The van der Waals surface area contributed by atoms with Gasteiger partial charge in [-0.05, 0) is 55.4 Å². The van der Waals surface area contributed by atoms with Gasteiger partial charge in [-0.2, -0.15) is 0 Å². The summed E-state index contributed by atoms with van der Waals surface area (Å²) in [7, 11) is 0. The third-order valence-electron chi connectivity index (χ3n) is 6.88. The van der Waals surface area contributed by atoms with Crippen LogP contribution in [0.25, 0.3) is 11.0 Å². The highest BCUT2D eigenvalue weighted by Crippen LogP contribution is 2.22. The molecule has 0 N–H and O–H groups in total. The van der Waals surface area contributed by atoms with Crippen molar-refractivity contribution in [1.29, 1.82) is 0 Å². The summed E-state index contributed by atoms with van der Waals surface area (Å²) in [5, 5.41) is 0. The molecule has 0 aliphatic rings. The summed E-state index contributed by atoms with van der Waals surface area (Å²) in [6, 6.07) is 24.0. The molecule has 0 atom stereocenters. The Morgan fingerprint density at radius 3 is 2.34 bits per heavy atom. The number of Topliss-reactive ketones (excluding diaryl/α,β-unsaturated/α-hetero) is 1. The molecule has 5 nitrogen and oxygen atoms in total. The maximum atomic E-state index is 12.6. The monoisotopic (exact) mass is 527 g/mol. The van der Waals surface area contributed by atoms with Gasteiger partial charge in [-0.1, -0.05) is 74.6 Å². The molecule has 0 saturated heterocycles. The van der Waals surface area contributed by atoms with Crippen LogP contribution in [0.5, 0.6) is 5.75 Å². The van der Waals surface area contributed by atoms with Gasteiger partial charge in [0.15, 0.2) is 5.78 Å². The number of nitrogens with zero attached hydrogens (tertiary/aromatic N) is 3. The van der Waals surface area contributed by atoms with Crippen molar-refractivity contribution >= 4 is 33.9 Å². The van der Waals surface area contributed by atoms with Crippen molar-refractivity contribution < 1.29 is 9.53 Å². The zero-order valence-electron chi connectivity index (χ0n) is 22.7. The lowest BCUT2D eigenvalue weighted by Gasteiger charge is -2.19. The first-order chi connectivity index (χ1) is 18.5. The number of aromatic nitrogens is 2. The summed E-state index contributed by atoms with van der Waals surface area (Å²) in [6.45, 7) is 11.0. The average molecular weight is 528 g/mol. The summed E-state index contributed by atoms with van der Waals surface area (Å²) < 4.78 is 7.96. The van der Waals surface area contributed by atoms with E-state index in [1.54, 1.807) is 0 Å². The van der Waals surface area contributed by atoms with Gasteiger partial charge in [0.2, 0.25) is 0 Å². The van der Waals surface area contributed by atoms with E-state index < -0.39 is 0 Å². The Bertz CT molecular complexity index is 1360. The molecular formula is C32H37N3O2S. The van der Waals surface area contributed by atoms with Gasteiger partial charge in [-0.3, -0.25) is 4.79 Å². The molecule has 1 aromatic heterocycles. The quantitative estimate of drug-likeness (QED) is 0.137. The minimum Gasteiger partial charge on any atom is -0.494 e. The number of hydrogen-bond donors (Lipinski definition) is 0. The van der Waals surface area contributed by atoms with E-state index in [0.717, 1.165) is 65.6 Å². The van der Waals surface area contributed by atoms with Crippen molar-refractivity contribution in [3.63, 3.8) is 0 Å². The highest BCUT2D eigenvalue weighted by Gasteiger charge is 2.15. The Kier molecular flexibility index (Phi) is 9.79. The maximum Gasteiger partial charge on any atom is 0.167 e. The van der Waals surface area contributed by atoms with E-state index in [2.05, 4.69) is 53.6 Å². The van der Waals surface area contributed by atoms with Gasteiger partial charge in [0.25, 0.3) is 0 Å². The average Bonchev–Trinajstić information content (AvgIpc) is 3.27. The molecule has 0 spiro atoms. The fourth-order valence-corrected chi connectivity index (χ4v) is 5.05. The Labute approximate surface area is 231 Å². The molecule has 0 amide bonds. The topological polar surface area (TPSA) is 47.4 Å². The zero-order valence-corrected chi connectivity index (χ0v) is 23.5.